The molecule has 2 rings (SSSR count). The van der Waals surface area contributed by atoms with Gasteiger partial charge in [0.1, 0.15) is 0 Å². The van der Waals surface area contributed by atoms with Crippen molar-refractivity contribution in [3.63, 3.8) is 0 Å². The first-order chi connectivity index (χ1) is 6.57. The molecule has 14 heavy (non-hydrogen) atoms. The molecule has 0 amide bonds. The van der Waals surface area contributed by atoms with Gasteiger partial charge in [0.15, 0.2) is 0 Å². The molecule has 0 fully saturated rings. The summed E-state index contributed by atoms with van der Waals surface area (Å²) in [7, 11) is -3.54. The van der Waals surface area contributed by atoms with Crippen molar-refractivity contribution in [3.8, 4) is 0 Å². The average Bonchev–Trinajstić information content (AvgIpc) is 2.16. The summed E-state index contributed by atoms with van der Waals surface area (Å²) in [5, 5.41) is 5.07. The molecule has 0 atom stereocenters. The van der Waals surface area contributed by atoms with Crippen LogP contribution in [0.15, 0.2) is 24.3 Å². The summed E-state index contributed by atoms with van der Waals surface area (Å²) in [4.78, 5) is 0. The first-order valence-corrected chi connectivity index (χ1v) is 5.92. The number of hydrogen-bond donors (Lipinski definition) is 1. The lowest BCUT2D eigenvalue weighted by atomic mass is 10.0. The lowest BCUT2D eigenvalue weighted by molar-refractivity contribution is 0.392. The van der Waals surface area contributed by atoms with E-state index in [1.165, 1.54) is 9.87 Å². The SMILES string of the molecule is NS(=O)(=O)N1CCc2ccccc2C1. The molecule has 1 aliphatic heterocycles. The van der Waals surface area contributed by atoms with Crippen LogP contribution in [0, 0.1) is 0 Å². The van der Waals surface area contributed by atoms with E-state index in [1.54, 1.807) is 0 Å². The predicted octanol–water partition coefficient (Wildman–Crippen LogP) is 0.248. The maximum atomic E-state index is 11.1. The Labute approximate surface area is 83.5 Å². The molecule has 5 heteroatoms. The highest BCUT2D eigenvalue weighted by atomic mass is 32.2. The second-order valence-corrected chi connectivity index (χ2v) is 4.94. The first kappa shape index (κ1) is 9.64. The van der Waals surface area contributed by atoms with Gasteiger partial charge in [0.05, 0.1) is 0 Å². The minimum atomic E-state index is -3.54. The molecule has 0 bridgehead atoms. The minimum absolute atomic E-state index is 0.398. The zero-order valence-electron chi connectivity index (χ0n) is 7.68. The molecule has 0 radical (unpaired) electrons. The number of nitrogens with zero attached hydrogens (tertiary/aromatic N) is 1. The number of hydrogen-bond acceptors (Lipinski definition) is 2. The number of rotatable bonds is 1. The monoisotopic (exact) mass is 212 g/mol. The van der Waals surface area contributed by atoms with Gasteiger partial charge in [0.25, 0.3) is 10.2 Å². The van der Waals surface area contributed by atoms with E-state index in [-0.39, 0.29) is 0 Å². The van der Waals surface area contributed by atoms with Crippen LogP contribution in [0.4, 0.5) is 0 Å². The summed E-state index contributed by atoms with van der Waals surface area (Å²) in [6, 6.07) is 7.83. The van der Waals surface area contributed by atoms with Gasteiger partial charge in [-0.1, -0.05) is 24.3 Å². The topological polar surface area (TPSA) is 63.4 Å². The number of fused-ring (bicyclic) bond motifs is 1. The molecule has 0 saturated heterocycles. The molecule has 0 spiro atoms. The smallest absolute Gasteiger partial charge is 0.216 e. The maximum Gasteiger partial charge on any atom is 0.277 e. The predicted molar refractivity (Wildman–Crippen MR) is 53.7 cm³/mol. The van der Waals surface area contributed by atoms with Crippen molar-refractivity contribution in [2.24, 2.45) is 5.14 Å². The Morgan fingerprint density at radius 2 is 1.86 bits per heavy atom. The van der Waals surface area contributed by atoms with Gasteiger partial charge in [-0.3, -0.25) is 0 Å². The summed E-state index contributed by atoms with van der Waals surface area (Å²) in [6.45, 7) is 0.880. The van der Waals surface area contributed by atoms with Gasteiger partial charge in [-0.05, 0) is 17.5 Å². The van der Waals surface area contributed by atoms with Crippen molar-refractivity contribution >= 4 is 10.2 Å². The van der Waals surface area contributed by atoms with E-state index < -0.39 is 10.2 Å². The quantitative estimate of drug-likeness (QED) is 0.725. The van der Waals surface area contributed by atoms with Crippen LogP contribution in [0.3, 0.4) is 0 Å². The molecule has 0 aromatic heterocycles. The molecule has 0 unspecified atom stereocenters. The van der Waals surface area contributed by atoms with Crippen LogP contribution in [0.5, 0.6) is 0 Å². The van der Waals surface area contributed by atoms with E-state index in [0.717, 1.165) is 12.0 Å². The van der Waals surface area contributed by atoms with Crippen molar-refractivity contribution in [2.45, 2.75) is 13.0 Å². The number of nitrogens with two attached hydrogens (primary N) is 1. The molecular weight excluding hydrogens is 200 g/mol. The van der Waals surface area contributed by atoms with E-state index in [4.69, 9.17) is 5.14 Å². The van der Waals surface area contributed by atoms with Crippen LogP contribution in [-0.4, -0.2) is 19.3 Å². The number of benzene rings is 1. The summed E-state index contributed by atoms with van der Waals surface area (Å²) in [5.41, 5.74) is 2.26. The lowest BCUT2D eigenvalue weighted by Crippen LogP contribution is -2.40. The molecule has 2 N–H and O–H groups in total. The highest BCUT2D eigenvalue weighted by molar-refractivity contribution is 7.86. The van der Waals surface area contributed by atoms with Gasteiger partial charge in [0, 0.05) is 13.1 Å². The van der Waals surface area contributed by atoms with Crippen LogP contribution in [0.1, 0.15) is 11.1 Å². The van der Waals surface area contributed by atoms with Crippen molar-refractivity contribution in [2.75, 3.05) is 6.54 Å². The summed E-state index contributed by atoms with van der Waals surface area (Å²) in [6.07, 6.45) is 0.743. The first-order valence-electron chi connectivity index (χ1n) is 4.42. The van der Waals surface area contributed by atoms with Crippen molar-refractivity contribution in [1.82, 2.24) is 4.31 Å². The standard InChI is InChI=1S/C9H12N2O2S/c10-14(12,13)11-6-5-8-3-1-2-4-9(8)7-11/h1-4H,5-7H2,(H2,10,12,13). The minimum Gasteiger partial charge on any atom is -0.216 e. The van der Waals surface area contributed by atoms with Crippen molar-refractivity contribution < 1.29 is 8.42 Å². The van der Waals surface area contributed by atoms with Crippen LogP contribution in [-0.2, 0) is 23.2 Å². The van der Waals surface area contributed by atoms with Gasteiger partial charge in [-0.25, -0.2) is 5.14 Å². The summed E-state index contributed by atoms with van der Waals surface area (Å²) >= 11 is 0. The maximum absolute atomic E-state index is 11.1. The lowest BCUT2D eigenvalue weighted by Gasteiger charge is -2.25. The second kappa shape index (κ2) is 3.34. The van der Waals surface area contributed by atoms with E-state index in [9.17, 15) is 8.42 Å². The Kier molecular flexibility index (Phi) is 2.30. The van der Waals surface area contributed by atoms with E-state index in [0.29, 0.717) is 13.1 Å². The Balaban J connectivity index is 2.30. The molecule has 4 nitrogen and oxygen atoms in total. The zero-order chi connectivity index (χ0) is 10.2. The van der Waals surface area contributed by atoms with Gasteiger partial charge in [-0.2, -0.15) is 12.7 Å². The third-order valence-corrected chi connectivity index (χ3v) is 3.49. The molecule has 1 aliphatic rings. The molecule has 1 aromatic carbocycles. The van der Waals surface area contributed by atoms with Crippen LogP contribution < -0.4 is 5.14 Å². The summed E-state index contributed by atoms with van der Waals surface area (Å²) in [5.74, 6) is 0. The normalized spacial score (nSPS) is 17.8. The van der Waals surface area contributed by atoms with Crippen molar-refractivity contribution in [3.05, 3.63) is 35.4 Å². The zero-order valence-corrected chi connectivity index (χ0v) is 8.50. The molecule has 0 aliphatic carbocycles. The van der Waals surface area contributed by atoms with E-state index >= 15 is 0 Å². The highest BCUT2D eigenvalue weighted by Gasteiger charge is 2.22. The largest absolute Gasteiger partial charge is 0.277 e. The van der Waals surface area contributed by atoms with Gasteiger partial charge >= 0.3 is 0 Å². The molecule has 76 valence electrons. The van der Waals surface area contributed by atoms with Crippen molar-refractivity contribution in [1.29, 1.82) is 0 Å². The molecule has 1 aromatic rings. The Hall–Kier alpha value is -0.910. The summed E-state index contributed by atoms with van der Waals surface area (Å²) < 4.78 is 23.5. The Bertz CT molecular complexity index is 442. The Morgan fingerprint density at radius 3 is 2.50 bits per heavy atom. The fourth-order valence-corrected chi connectivity index (χ4v) is 2.35. The fraction of sp³-hybridized carbons (Fsp3) is 0.333. The Morgan fingerprint density at radius 1 is 1.21 bits per heavy atom. The van der Waals surface area contributed by atoms with E-state index in [2.05, 4.69) is 0 Å². The van der Waals surface area contributed by atoms with Crippen LogP contribution in [0.25, 0.3) is 0 Å². The van der Waals surface area contributed by atoms with E-state index in [1.807, 2.05) is 24.3 Å². The average molecular weight is 212 g/mol. The van der Waals surface area contributed by atoms with Gasteiger partial charge in [0.2, 0.25) is 0 Å². The second-order valence-electron chi connectivity index (χ2n) is 3.40. The third kappa shape index (κ3) is 1.79. The van der Waals surface area contributed by atoms with Crippen LogP contribution >= 0.6 is 0 Å². The van der Waals surface area contributed by atoms with Crippen LogP contribution in [0.2, 0.25) is 0 Å². The van der Waals surface area contributed by atoms with Gasteiger partial charge < -0.3 is 0 Å². The molecule has 0 saturated carbocycles. The molecule has 1 heterocycles. The highest BCUT2D eigenvalue weighted by Crippen LogP contribution is 2.19. The fourth-order valence-electron chi connectivity index (χ4n) is 1.69. The molecular formula is C9H12N2O2S. The third-order valence-electron chi connectivity index (χ3n) is 2.46. The van der Waals surface area contributed by atoms with Gasteiger partial charge in [-0.15, -0.1) is 0 Å².